The number of hydrogen-bond donors (Lipinski definition) is 2. The number of methoxy groups -OCH3 is 1. The summed E-state index contributed by atoms with van der Waals surface area (Å²) in [6.07, 6.45) is 0.440. The van der Waals surface area contributed by atoms with Gasteiger partial charge >= 0.3 is 6.61 Å². The van der Waals surface area contributed by atoms with Crippen molar-refractivity contribution in [3.8, 4) is 11.5 Å². The van der Waals surface area contributed by atoms with Crippen molar-refractivity contribution in [3.63, 3.8) is 0 Å². The average molecular weight is 288 g/mol. The van der Waals surface area contributed by atoms with E-state index >= 15 is 0 Å². The fraction of sp³-hybridized carbons (Fsp3) is 0.462. The molecule has 1 aromatic rings. The number of ether oxygens (including phenoxy) is 2. The maximum atomic E-state index is 12.3. The van der Waals surface area contributed by atoms with Crippen LogP contribution in [0.15, 0.2) is 18.2 Å². The van der Waals surface area contributed by atoms with Gasteiger partial charge < -0.3 is 20.5 Å². The van der Waals surface area contributed by atoms with Gasteiger partial charge in [0, 0.05) is 11.8 Å². The summed E-state index contributed by atoms with van der Waals surface area (Å²) in [6.45, 7) is 0.381. The number of benzene rings is 1. The maximum Gasteiger partial charge on any atom is 0.387 e. The highest BCUT2D eigenvalue weighted by Crippen LogP contribution is 2.31. The Morgan fingerprint density at radius 1 is 1.45 bits per heavy atom. The molecule has 0 aliphatic heterocycles. The number of anilines is 1. The summed E-state index contributed by atoms with van der Waals surface area (Å²) >= 11 is 0. The number of carbonyl (C=O) groups is 1. The van der Waals surface area contributed by atoms with E-state index in [4.69, 9.17) is 10.5 Å². The molecule has 0 aliphatic carbocycles. The van der Waals surface area contributed by atoms with Crippen molar-refractivity contribution >= 4 is 11.6 Å². The van der Waals surface area contributed by atoms with Crippen molar-refractivity contribution in [2.75, 3.05) is 12.4 Å². The zero-order valence-corrected chi connectivity index (χ0v) is 11.6. The van der Waals surface area contributed by atoms with E-state index in [1.165, 1.54) is 25.3 Å². The molecule has 0 fully saturated rings. The van der Waals surface area contributed by atoms with Gasteiger partial charge in [0.05, 0.1) is 12.6 Å². The summed E-state index contributed by atoms with van der Waals surface area (Å²) in [4.78, 5) is 11.9. The monoisotopic (exact) mass is 288 g/mol. The second-order valence-corrected chi connectivity index (χ2v) is 4.47. The zero-order chi connectivity index (χ0) is 15.3. The first-order chi connectivity index (χ1) is 9.30. The summed E-state index contributed by atoms with van der Waals surface area (Å²) in [5.74, 6) is -0.419. The normalized spacial score (nSPS) is 13.8. The number of rotatable bonds is 6. The van der Waals surface area contributed by atoms with E-state index in [1.807, 2.05) is 0 Å². The van der Waals surface area contributed by atoms with E-state index in [-0.39, 0.29) is 11.5 Å². The highest BCUT2D eigenvalue weighted by Gasteiger charge is 2.26. The van der Waals surface area contributed by atoms with E-state index in [1.54, 1.807) is 13.8 Å². The largest absolute Gasteiger partial charge is 0.493 e. The van der Waals surface area contributed by atoms with Gasteiger partial charge in [-0.3, -0.25) is 4.79 Å². The summed E-state index contributed by atoms with van der Waals surface area (Å²) in [5, 5.41) is 2.55. The molecule has 20 heavy (non-hydrogen) atoms. The van der Waals surface area contributed by atoms with Crippen LogP contribution in [-0.4, -0.2) is 25.2 Å². The third kappa shape index (κ3) is 4.06. The Morgan fingerprint density at radius 2 is 2.10 bits per heavy atom. The first kappa shape index (κ1) is 16.2. The van der Waals surface area contributed by atoms with Gasteiger partial charge in [-0.2, -0.15) is 8.78 Å². The smallest absolute Gasteiger partial charge is 0.387 e. The van der Waals surface area contributed by atoms with Crippen molar-refractivity contribution in [1.29, 1.82) is 0 Å². The fourth-order valence-corrected chi connectivity index (χ4v) is 1.38. The van der Waals surface area contributed by atoms with Crippen molar-refractivity contribution in [2.24, 2.45) is 5.73 Å². The van der Waals surface area contributed by atoms with Crippen LogP contribution in [0.4, 0.5) is 14.5 Å². The molecule has 0 saturated carbocycles. The lowest BCUT2D eigenvalue weighted by Crippen LogP contribution is -2.47. The van der Waals surface area contributed by atoms with Crippen LogP contribution < -0.4 is 20.5 Å². The molecule has 0 saturated heterocycles. The van der Waals surface area contributed by atoms with E-state index in [0.717, 1.165) is 0 Å². The van der Waals surface area contributed by atoms with Gasteiger partial charge in [-0.05, 0) is 25.5 Å². The summed E-state index contributed by atoms with van der Waals surface area (Å²) in [7, 11) is 1.33. The Kier molecular flexibility index (Phi) is 5.26. The highest BCUT2D eigenvalue weighted by atomic mass is 19.3. The Bertz CT molecular complexity index is 479. The van der Waals surface area contributed by atoms with Crippen LogP contribution in [0.25, 0.3) is 0 Å². The second-order valence-electron chi connectivity index (χ2n) is 4.47. The van der Waals surface area contributed by atoms with Crippen LogP contribution in [0.5, 0.6) is 11.5 Å². The minimum absolute atomic E-state index is 0.148. The highest BCUT2D eigenvalue weighted by molar-refractivity contribution is 5.97. The molecule has 0 heterocycles. The lowest BCUT2D eigenvalue weighted by atomic mass is 9.99. The van der Waals surface area contributed by atoms with Gasteiger partial charge in [-0.15, -0.1) is 0 Å². The molecule has 0 radical (unpaired) electrons. The molecular weight excluding hydrogens is 270 g/mol. The summed E-state index contributed by atoms with van der Waals surface area (Å²) < 4.78 is 33.8. The van der Waals surface area contributed by atoms with Gasteiger partial charge in [0.1, 0.15) is 0 Å². The predicted octanol–water partition coefficient (Wildman–Crippen LogP) is 2.36. The standard InChI is InChI=1S/C13H18F2N2O3/c1-4-13(2,16)11(18)17-8-5-6-9(19-3)10(7-8)20-12(14)15/h5-7,12H,4,16H2,1-3H3,(H,17,18). The number of halogens is 2. The van der Waals surface area contributed by atoms with E-state index < -0.39 is 18.1 Å². The lowest BCUT2D eigenvalue weighted by molar-refractivity contribution is -0.120. The molecule has 0 aliphatic rings. The molecule has 3 N–H and O–H groups in total. The molecule has 0 aromatic heterocycles. The lowest BCUT2D eigenvalue weighted by Gasteiger charge is -2.22. The molecule has 1 amide bonds. The Balaban J connectivity index is 2.95. The molecule has 1 atom stereocenters. The molecule has 5 nitrogen and oxygen atoms in total. The van der Waals surface area contributed by atoms with Crippen LogP contribution in [0.2, 0.25) is 0 Å². The maximum absolute atomic E-state index is 12.3. The summed E-state index contributed by atoms with van der Waals surface area (Å²) in [5.41, 5.74) is 5.06. The van der Waals surface area contributed by atoms with Crippen molar-refractivity contribution in [3.05, 3.63) is 18.2 Å². The van der Waals surface area contributed by atoms with Crippen LogP contribution in [0.3, 0.4) is 0 Å². The SMILES string of the molecule is CCC(C)(N)C(=O)Nc1ccc(OC)c(OC(F)F)c1. The number of amides is 1. The molecule has 1 unspecified atom stereocenters. The fourth-order valence-electron chi connectivity index (χ4n) is 1.38. The quantitative estimate of drug-likeness (QED) is 0.842. The predicted molar refractivity (Wildman–Crippen MR) is 71.1 cm³/mol. The number of alkyl halides is 2. The number of carbonyl (C=O) groups excluding carboxylic acids is 1. The average Bonchev–Trinajstić information content (AvgIpc) is 2.38. The minimum Gasteiger partial charge on any atom is -0.493 e. The van der Waals surface area contributed by atoms with Gasteiger partial charge in [0.25, 0.3) is 0 Å². The Hall–Kier alpha value is -1.89. The molecule has 1 aromatic carbocycles. The topological polar surface area (TPSA) is 73.6 Å². The third-order valence-electron chi connectivity index (χ3n) is 2.89. The molecule has 112 valence electrons. The van der Waals surface area contributed by atoms with Crippen molar-refractivity contribution < 1.29 is 23.0 Å². The molecular formula is C13H18F2N2O3. The number of hydrogen-bond acceptors (Lipinski definition) is 4. The van der Waals surface area contributed by atoms with E-state index in [0.29, 0.717) is 12.1 Å². The van der Waals surface area contributed by atoms with Crippen molar-refractivity contribution in [1.82, 2.24) is 0 Å². The van der Waals surface area contributed by atoms with Crippen LogP contribution >= 0.6 is 0 Å². The van der Waals surface area contributed by atoms with Gasteiger partial charge in [0.2, 0.25) is 5.91 Å². The van der Waals surface area contributed by atoms with E-state index in [9.17, 15) is 13.6 Å². The number of nitrogens with two attached hydrogens (primary N) is 1. The van der Waals surface area contributed by atoms with E-state index in [2.05, 4.69) is 10.1 Å². The number of nitrogens with one attached hydrogen (secondary N) is 1. The molecule has 1 rings (SSSR count). The van der Waals surface area contributed by atoms with Gasteiger partial charge in [0.15, 0.2) is 11.5 Å². The first-order valence-electron chi connectivity index (χ1n) is 6.03. The van der Waals surface area contributed by atoms with Gasteiger partial charge in [-0.25, -0.2) is 0 Å². The zero-order valence-electron chi connectivity index (χ0n) is 11.6. The Labute approximate surface area is 116 Å². The van der Waals surface area contributed by atoms with Crippen LogP contribution in [0, 0.1) is 0 Å². The van der Waals surface area contributed by atoms with Crippen LogP contribution in [-0.2, 0) is 4.79 Å². The molecule has 7 heteroatoms. The first-order valence-corrected chi connectivity index (χ1v) is 6.03. The second kappa shape index (κ2) is 6.51. The third-order valence-corrected chi connectivity index (χ3v) is 2.89. The van der Waals surface area contributed by atoms with Crippen LogP contribution in [0.1, 0.15) is 20.3 Å². The molecule has 0 bridgehead atoms. The minimum atomic E-state index is -2.98. The summed E-state index contributed by atoms with van der Waals surface area (Å²) in [6, 6.07) is 4.20. The Morgan fingerprint density at radius 3 is 2.60 bits per heavy atom. The van der Waals surface area contributed by atoms with Gasteiger partial charge in [-0.1, -0.05) is 6.92 Å². The van der Waals surface area contributed by atoms with Crippen molar-refractivity contribution in [2.45, 2.75) is 32.4 Å². The molecule has 0 spiro atoms.